The maximum atomic E-state index is 5.49. The summed E-state index contributed by atoms with van der Waals surface area (Å²) in [5.74, 6) is 1.73. The smallest absolute Gasteiger partial charge is 0.0518 e. The van der Waals surface area contributed by atoms with Gasteiger partial charge in [0.05, 0.1) is 6.61 Å². The Morgan fingerprint density at radius 1 is 1.16 bits per heavy atom. The van der Waals surface area contributed by atoms with Crippen LogP contribution in [0.1, 0.15) is 33.6 Å². The summed E-state index contributed by atoms with van der Waals surface area (Å²) < 4.78 is 8.06. The molecular formula is C15H30N2OS. The first-order valence-electron chi connectivity index (χ1n) is 7.89. The molecule has 4 heteroatoms. The molecule has 112 valence electrons. The summed E-state index contributed by atoms with van der Waals surface area (Å²) in [5, 5.41) is 0.728. The minimum Gasteiger partial charge on any atom is -0.381 e. The van der Waals surface area contributed by atoms with E-state index in [9.17, 15) is 0 Å². The van der Waals surface area contributed by atoms with Crippen molar-refractivity contribution in [2.75, 3.05) is 45.9 Å². The third-order valence-corrected chi connectivity index (χ3v) is 5.13. The van der Waals surface area contributed by atoms with Crippen LogP contribution in [0.5, 0.6) is 0 Å². The van der Waals surface area contributed by atoms with Gasteiger partial charge in [-0.2, -0.15) is 0 Å². The number of rotatable bonds is 7. The zero-order chi connectivity index (χ0) is 13.7. The maximum absolute atomic E-state index is 5.49. The molecule has 0 bridgehead atoms. The molecule has 0 aromatic carbocycles. The van der Waals surface area contributed by atoms with Crippen molar-refractivity contribution in [3.63, 3.8) is 0 Å². The van der Waals surface area contributed by atoms with Crippen LogP contribution >= 0.6 is 11.9 Å². The monoisotopic (exact) mass is 286 g/mol. The van der Waals surface area contributed by atoms with Crippen LogP contribution in [-0.4, -0.2) is 60.4 Å². The summed E-state index contributed by atoms with van der Waals surface area (Å²) in [6, 6.07) is 0. The molecule has 0 unspecified atom stereocenters. The maximum Gasteiger partial charge on any atom is 0.0518 e. The number of piperidine rings is 1. The van der Waals surface area contributed by atoms with Gasteiger partial charge in [0.2, 0.25) is 0 Å². The molecule has 2 rings (SSSR count). The minimum atomic E-state index is 0.728. The highest BCUT2D eigenvalue weighted by Gasteiger charge is 2.30. The molecule has 2 fully saturated rings. The zero-order valence-corrected chi connectivity index (χ0v) is 13.6. The molecule has 0 aromatic heterocycles. The van der Waals surface area contributed by atoms with E-state index in [0.29, 0.717) is 0 Å². The van der Waals surface area contributed by atoms with E-state index in [4.69, 9.17) is 4.74 Å². The fraction of sp³-hybridized carbons (Fsp3) is 1.00. The van der Waals surface area contributed by atoms with Gasteiger partial charge in [-0.3, -0.25) is 4.31 Å². The fourth-order valence-electron chi connectivity index (χ4n) is 3.08. The van der Waals surface area contributed by atoms with Crippen LogP contribution < -0.4 is 0 Å². The summed E-state index contributed by atoms with van der Waals surface area (Å²) in [7, 11) is 0. The Morgan fingerprint density at radius 3 is 2.42 bits per heavy atom. The number of hydrogen-bond donors (Lipinski definition) is 0. The summed E-state index contributed by atoms with van der Waals surface area (Å²) in [6.45, 7) is 14.9. The highest BCUT2D eigenvalue weighted by molar-refractivity contribution is 7.97. The Labute approximate surface area is 123 Å². The van der Waals surface area contributed by atoms with Gasteiger partial charge in [-0.05, 0) is 25.7 Å². The highest BCUT2D eigenvalue weighted by Crippen LogP contribution is 2.27. The third kappa shape index (κ3) is 5.25. The van der Waals surface area contributed by atoms with Crippen molar-refractivity contribution in [3.05, 3.63) is 0 Å². The Balaban J connectivity index is 1.55. The van der Waals surface area contributed by atoms with E-state index in [1.165, 1.54) is 45.6 Å². The predicted octanol–water partition coefficient (Wildman–Crippen LogP) is 2.72. The van der Waals surface area contributed by atoms with Gasteiger partial charge in [0, 0.05) is 50.5 Å². The normalized spacial score (nSPS) is 24.0. The average Bonchev–Trinajstić information content (AvgIpc) is 2.33. The van der Waals surface area contributed by atoms with Crippen LogP contribution in [0.3, 0.4) is 0 Å². The summed E-state index contributed by atoms with van der Waals surface area (Å²) in [6.07, 6.45) is 2.76. The molecule has 0 spiro atoms. The topological polar surface area (TPSA) is 15.7 Å². The van der Waals surface area contributed by atoms with Crippen molar-refractivity contribution in [1.29, 1.82) is 0 Å². The molecule has 2 heterocycles. The van der Waals surface area contributed by atoms with Gasteiger partial charge in [-0.1, -0.05) is 25.8 Å². The van der Waals surface area contributed by atoms with Crippen LogP contribution in [0, 0.1) is 11.8 Å². The second-order valence-electron chi connectivity index (χ2n) is 6.27. The summed E-state index contributed by atoms with van der Waals surface area (Å²) in [5.41, 5.74) is 0. The molecule has 0 aliphatic carbocycles. The van der Waals surface area contributed by atoms with Crippen molar-refractivity contribution in [2.45, 2.75) is 38.9 Å². The molecule has 2 saturated heterocycles. The van der Waals surface area contributed by atoms with E-state index in [-0.39, 0.29) is 0 Å². The van der Waals surface area contributed by atoms with Gasteiger partial charge >= 0.3 is 0 Å². The van der Waals surface area contributed by atoms with Crippen molar-refractivity contribution >= 4 is 11.9 Å². The lowest BCUT2D eigenvalue weighted by Crippen LogP contribution is -2.51. The Kier molecular flexibility index (Phi) is 6.46. The predicted molar refractivity (Wildman–Crippen MR) is 83.4 cm³/mol. The standard InChI is InChI=1S/C15H30N2OS/c1-4-18-12-15-10-16(11-15)9-14-5-7-17(8-6-14)19-13(2)3/h13-15H,4-12H2,1-3H3. The van der Waals surface area contributed by atoms with Crippen LogP contribution in [0.4, 0.5) is 0 Å². The average molecular weight is 286 g/mol. The number of nitrogens with zero attached hydrogens (tertiary/aromatic N) is 2. The van der Waals surface area contributed by atoms with Crippen molar-refractivity contribution in [2.24, 2.45) is 11.8 Å². The first-order chi connectivity index (χ1) is 9.17. The lowest BCUT2D eigenvalue weighted by Gasteiger charge is -2.42. The second-order valence-corrected chi connectivity index (χ2v) is 7.94. The summed E-state index contributed by atoms with van der Waals surface area (Å²) >= 11 is 2.03. The van der Waals surface area contributed by atoms with Gasteiger partial charge in [-0.25, -0.2) is 0 Å². The first-order valence-corrected chi connectivity index (χ1v) is 8.72. The lowest BCUT2D eigenvalue weighted by atomic mass is 9.93. The zero-order valence-electron chi connectivity index (χ0n) is 12.8. The van der Waals surface area contributed by atoms with Crippen molar-refractivity contribution in [1.82, 2.24) is 9.21 Å². The number of hydrogen-bond acceptors (Lipinski definition) is 4. The highest BCUT2D eigenvalue weighted by atomic mass is 32.2. The van der Waals surface area contributed by atoms with Gasteiger partial charge in [-0.15, -0.1) is 0 Å². The lowest BCUT2D eigenvalue weighted by molar-refractivity contribution is 0.00743. The van der Waals surface area contributed by atoms with Gasteiger partial charge < -0.3 is 9.64 Å². The molecule has 2 aliphatic rings. The second kappa shape index (κ2) is 7.87. The van der Waals surface area contributed by atoms with Gasteiger partial charge in [0.1, 0.15) is 0 Å². The first kappa shape index (κ1) is 15.6. The molecule has 19 heavy (non-hydrogen) atoms. The minimum absolute atomic E-state index is 0.728. The molecule has 3 nitrogen and oxygen atoms in total. The van der Waals surface area contributed by atoms with E-state index in [1.807, 2.05) is 11.9 Å². The Hall–Kier alpha value is 0.230. The van der Waals surface area contributed by atoms with E-state index in [1.54, 1.807) is 0 Å². The van der Waals surface area contributed by atoms with E-state index in [2.05, 4.69) is 30.0 Å². The van der Waals surface area contributed by atoms with Crippen LogP contribution in [-0.2, 0) is 4.74 Å². The SMILES string of the molecule is CCOCC1CN(CC2CCN(SC(C)C)CC2)C1. The Morgan fingerprint density at radius 2 is 1.84 bits per heavy atom. The van der Waals surface area contributed by atoms with E-state index in [0.717, 1.165) is 30.3 Å². The number of ether oxygens (including phenoxy) is 1. The Bertz CT molecular complexity index is 249. The van der Waals surface area contributed by atoms with E-state index >= 15 is 0 Å². The molecular weight excluding hydrogens is 256 g/mol. The van der Waals surface area contributed by atoms with Crippen LogP contribution in [0.2, 0.25) is 0 Å². The molecule has 0 radical (unpaired) electrons. The molecule has 0 saturated carbocycles. The number of likely N-dealkylation sites (tertiary alicyclic amines) is 1. The molecule has 2 aliphatic heterocycles. The largest absolute Gasteiger partial charge is 0.381 e. The van der Waals surface area contributed by atoms with Crippen LogP contribution in [0.25, 0.3) is 0 Å². The molecule has 0 atom stereocenters. The van der Waals surface area contributed by atoms with Gasteiger partial charge in [0.25, 0.3) is 0 Å². The summed E-state index contributed by atoms with van der Waals surface area (Å²) in [4.78, 5) is 2.62. The molecule has 0 aromatic rings. The quantitative estimate of drug-likeness (QED) is 0.668. The van der Waals surface area contributed by atoms with Crippen molar-refractivity contribution in [3.8, 4) is 0 Å². The third-order valence-electron chi connectivity index (χ3n) is 4.04. The molecule has 0 amide bonds. The van der Waals surface area contributed by atoms with Crippen molar-refractivity contribution < 1.29 is 4.74 Å². The molecule has 0 N–H and O–H groups in total. The van der Waals surface area contributed by atoms with Gasteiger partial charge in [0.15, 0.2) is 0 Å². The van der Waals surface area contributed by atoms with Crippen LogP contribution in [0.15, 0.2) is 0 Å². The fourth-order valence-corrected chi connectivity index (χ4v) is 4.09. The van der Waals surface area contributed by atoms with E-state index < -0.39 is 0 Å².